The van der Waals surface area contributed by atoms with Crippen molar-refractivity contribution in [1.29, 1.82) is 0 Å². The Bertz CT molecular complexity index is 949. The molecule has 2 aromatic carbocycles. The SMILES string of the molecule is CCC1(C)CC=C(N2C=CCN=C2)C(c2ccccc2)=C1c1ccc(C)cc1. The van der Waals surface area contributed by atoms with Crippen LogP contribution in [0, 0.1) is 12.3 Å². The molecule has 1 unspecified atom stereocenters. The van der Waals surface area contributed by atoms with Gasteiger partial charge in [-0.1, -0.05) is 80.1 Å². The van der Waals surface area contributed by atoms with Crippen molar-refractivity contribution >= 4 is 17.5 Å². The quantitative estimate of drug-likeness (QED) is 0.604. The first-order valence-corrected chi connectivity index (χ1v) is 10.1. The molecule has 0 N–H and O–H groups in total. The van der Waals surface area contributed by atoms with E-state index in [0.29, 0.717) is 0 Å². The number of rotatable bonds is 4. The number of aliphatic imine (C=N–C) groups is 1. The molecule has 28 heavy (non-hydrogen) atoms. The number of benzene rings is 2. The standard InChI is InChI=1S/C26H28N2/c1-4-26(3)16-15-23(28-18-8-17-27-19-28)24(21-9-6-5-7-10-21)25(26)22-13-11-20(2)12-14-22/h5-15,18-19H,4,16-17H2,1-3H3. The van der Waals surface area contributed by atoms with E-state index in [9.17, 15) is 0 Å². The van der Waals surface area contributed by atoms with Gasteiger partial charge in [-0.3, -0.25) is 4.99 Å². The third-order valence-electron chi connectivity index (χ3n) is 6.00. The van der Waals surface area contributed by atoms with Gasteiger partial charge in [0, 0.05) is 11.8 Å². The lowest BCUT2D eigenvalue weighted by Gasteiger charge is -2.39. The molecule has 0 radical (unpaired) electrons. The second-order valence-electron chi connectivity index (χ2n) is 7.96. The first kappa shape index (κ1) is 18.5. The van der Waals surface area contributed by atoms with Gasteiger partial charge in [-0.25, -0.2) is 0 Å². The van der Waals surface area contributed by atoms with Crippen molar-refractivity contribution in [3.8, 4) is 0 Å². The molecule has 1 atom stereocenters. The van der Waals surface area contributed by atoms with Gasteiger partial charge in [-0.2, -0.15) is 0 Å². The van der Waals surface area contributed by atoms with Crippen molar-refractivity contribution in [3.05, 3.63) is 95.3 Å². The summed E-state index contributed by atoms with van der Waals surface area (Å²) in [5, 5.41) is 0. The van der Waals surface area contributed by atoms with Gasteiger partial charge in [0.05, 0.1) is 18.6 Å². The van der Waals surface area contributed by atoms with Gasteiger partial charge >= 0.3 is 0 Å². The molecule has 2 aromatic rings. The number of hydrogen-bond donors (Lipinski definition) is 0. The Morgan fingerprint density at radius 1 is 1.00 bits per heavy atom. The van der Waals surface area contributed by atoms with Crippen LogP contribution in [0.1, 0.15) is 43.4 Å². The van der Waals surface area contributed by atoms with Crippen LogP contribution in [0.3, 0.4) is 0 Å². The topological polar surface area (TPSA) is 15.6 Å². The molecule has 2 nitrogen and oxygen atoms in total. The summed E-state index contributed by atoms with van der Waals surface area (Å²) in [6.45, 7) is 7.61. The minimum atomic E-state index is 0.0978. The Morgan fingerprint density at radius 2 is 1.75 bits per heavy atom. The van der Waals surface area contributed by atoms with Crippen molar-refractivity contribution in [3.63, 3.8) is 0 Å². The highest BCUT2D eigenvalue weighted by molar-refractivity contribution is 6.02. The molecule has 2 heteroatoms. The van der Waals surface area contributed by atoms with E-state index in [2.05, 4.69) is 104 Å². The minimum Gasteiger partial charge on any atom is -0.308 e. The van der Waals surface area contributed by atoms with Crippen LogP contribution >= 0.6 is 0 Å². The third kappa shape index (κ3) is 3.35. The average molecular weight is 369 g/mol. The molecular formula is C26H28N2. The van der Waals surface area contributed by atoms with E-state index in [-0.39, 0.29) is 5.41 Å². The van der Waals surface area contributed by atoms with Crippen molar-refractivity contribution in [2.45, 2.75) is 33.6 Å². The van der Waals surface area contributed by atoms with E-state index < -0.39 is 0 Å². The van der Waals surface area contributed by atoms with E-state index in [1.165, 1.54) is 33.5 Å². The van der Waals surface area contributed by atoms with Crippen molar-refractivity contribution in [2.75, 3.05) is 6.54 Å². The molecule has 4 rings (SSSR count). The lowest BCUT2D eigenvalue weighted by Crippen LogP contribution is -2.27. The Kier molecular flexibility index (Phi) is 5.04. The van der Waals surface area contributed by atoms with Gasteiger partial charge in [0.25, 0.3) is 0 Å². The molecule has 2 aliphatic rings. The maximum atomic E-state index is 4.48. The second kappa shape index (κ2) is 7.63. The molecule has 0 bridgehead atoms. The zero-order valence-corrected chi connectivity index (χ0v) is 17.0. The fourth-order valence-corrected chi connectivity index (χ4v) is 4.16. The zero-order chi connectivity index (χ0) is 19.6. The normalized spacial score (nSPS) is 21.8. The Hall–Kier alpha value is -2.87. The van der Waals surface area contributed by atoms with Gasteiger partial charge in [-0.05, 0) is 48.0 Å². The van der Waals surface area contributed by atoms with Gasteiger partial charge in [0.15, 0.2) is 0 Å². The highest BCUT2D eigenvalue weighted by atomic mass is 15.2. The number of nitrogens with zero attached hydrogens (tertiary/aromatic N) is 2. The van der Waals surface area contributed by atoms with Gasteiger partial charge in [0.1, 0.15) is 0 Å². The molecule has 1 aliphatic carbocycles. The molecule has 0 spiro atoms. The fourth-order valence-electron chi connectivity index (χ4n) is 4.16. The van der Waals surface area contributed by atoms with Crippen LogP contribution < -0.4 is 0 Å². The molecule has 0 saturated heterocycles. The first-order valence-electron chi connectivity index (χ1n) is 10.1. The monoisotopic (exact) mass is 368 g/mol. The maximum absolute atomic E-state index is 4.48. The van der Waals surface area contributed by atoms with E-state index in [1.807, 2.05) is 6.34 Å². The van der Waals surface area contributed by atoms with Crippen LogP contribution in [-0.2, 0) is 0 Å². The van der Waals surface area contributed by atoms with E-state index in [0.717, 1.165) is 19.4 Å². The van der Waals surface area contributed by atoms with Crippen LogP contribution in [0.25, 0.3) is 11.1 Å². The van der Waals surface area contributed by atoms with E-state index >= 15 is 0 Å². The number of aryl methyl sites for hydroxylation is 1. The molecular weight excluding hydrogens is 340 g/mol. The summed E-state index contributed by atoms with van der Waals surface area (Å²) in [5.74, 6) is 0. The highest BCUT2D eigenvalue weighted by Gasteiger charge is 2.36. The Labute approximate surface area is 168 Å². The van der Waals surface area contributed by atoms with Crippen LogP contribution in [0.5, 0.6) is 0 Å². The van der Waals surface area contributed by atoms with Crippen molar-refractivity contribution in [1.82, 2.24) is 4.90 Å². The number of allylic oxidation sites excluding steroid dienone is 3. The van der Waals surface area contributed by atoms with Crippen LogP contribution in [0.4, 0.5) is 0 Å². The third-order valence-corrected chi connectivity index (χ3v) is 6.00. The smallest absolute Gasteiger partial charge is 0.0939 e. The summed E-state index contributed by atoms with van der Waals surface area (Å²) < 4.78 is 0. The second-order valence-corrected chi connectivity index (χ2v) is 7.96. The van der Waals surface area contributed by atoms with Crippen molar-refractivity contribution < 1.29 is 0 Å². The summed E-state index contributed by atoms with van der Waals surface area (Å²) in [4.78, 5) is 6.65. The fraction of sp³-hybridized carbons (Fsp3) is 0.269. The Morgan fingerprint density at radius 3 is 2.39 bits per heavy atom. The molecule has 0 saturated carbocycles. The molecule has 0 aromatic heterocycles. The summed E-state index contributed by atoms with van der Waals surface area (Å²) in [6, 6.07) is 19.8. The molecule has 142 valence electrons. The highest BCUT2D eigenvalue weighted by Crippen LogP contribution is 2.51. The van der Waals surface area contributed by atoms with Crippen LogP contribution in [0.15, 0.2) is 83.6 Å². The van der Waals surface area contributed by atoms with Crippen molar-refractivity contribution in [2.24, 2.45) is 10.4 Å². The molecule has 1 heterocycles. The average Bonchev–Trinajstić information content (AvgIpc) is 2.75. The summed E-state index contributed by atoms with van der Waals surface area (Å²) >= 11 is 0. The molecule has 0 fully saturated rings. The van der Waals surface area contributed by atoms with Gasteiger partial charge in [-0.15, -0.1) is 0 Å². The summed E-state index contributed by atoms with van der Waals surface area (Å²) in [7, 11) is 0. The maximum Gasteiger partial charge on any atom is 0.0939 e. The summed E-state index contributed by atoms with van der Waals surface area (Å²) in [6.07, 6.45) is 10.7. The van der Waals surface area contributed by atoms with Gasteiger partial charge < -0.3 is 4.90 Å². The van der Waals surface area contributed by atoms with Crippen LogP contribution in [0.2, 0.25) is 0 Å². The minimum absolute atomic E-state index is 0.0978. The molecule has 1 aliphatic heterocycles. The van der Waals surface area contributed by atoms with Gasteiger partial charge in [0.2, 0.25) is 0 Å². The van der Waals surface area contributed by atoms with E-state index in [1.54, 1.807) is 0 Å². The first-order chi connectivity index (χ1) is 13.6. The Balaban J connectivity index is 1.99. The predicted octanol–water partition coefficient (Wildman–Crippen LogP) is 6.47. The molecule has 0 amide bonds. The lowest BCUT2D eigenvalue weighted by atomic mass is 9.67. The summed E-state index contributed by atoms with van der Waals surface area (Å²) in [5.41, 5.74) is 7.95. The lowest BCUT2D eigenvalue weighted by molar-refractivity contribution is 0.429. The number of hydrogen-bond acceptors (Lipinski definition) is 2. The zero-order valence-electron chi connectivity index (χ0n) is 17.0. The van der Waals surface area contributed by atoms with E-state index in [4.69, 9.17) is 0 Å². The van der Waals surface area contributed by atoms with Crippen LogP contribution in [-0.4, -0.2) is 17.8 Å². The predicted molar refractivity (Wildman–Crippen MR) is 120 cm³/mol. The largest absolute Gasteiger partial charge is 0.308 e.